The third-order valence-corrected chi connectivity index (χ3v) is 6.68. The van der Waals surface area contributed by atoms with Crippen LogP contribution < -0.4 is 15.4 Å². The van der Waals surface area contributed by atoms with Crippen LogP contribution in [0, 0.1) is 6.92 Å². The lowest BCUT2D eigenvalue weighted by molar-refractivity contribution is -0.123. The Morgan fingerprint density at radius 3 is 2.50 bits per heavy atom. The number of carbonyl (C=O) groups excluding carboxylic acids is 2. The molecule has 2 aromatic carbocycles. The largest absolute Gasteiger partial charge is 0.483 e. The second-order valence-electron chi connectivity index (χ2n) is 8.89. The van der Waals surface area contributed by atoms with Crippen LogP contribution >= 0.6 is 11.8 Å². The van der Waals surface area contributed by atoms with Gasteiger partial charge in [0, 0.05) is 6.54 Å². The highest BCUT2D eigenvalue weighted by Crippen LogP contribution is 2.27. The summed E-state index contributed by atoms with van der Waals surface area (Å²) in [6, 6.07) is 15.8. The molecule has 0 saturated heterocycles. The minimum atomic E-state index is -0.236. The summed E-state index contributed by atoms with van der Waals surface area (Å²) in [5, 5.41) is 14.9. The van der Waals surface area contributed by atoms with Gasteiger partial charge >= 0.3 is 0 Å². The Labute approximate surface area is 217 Å². The molecule has 0 aliphatic rings. The van der Waals surface area contributed by atoms with Gasteiger partial charge in [0.2, 0.25) is 5.91 Å². The number of amides is 2. The molecule has 1 atom stereocenters. The van der Waals surface area contributed by atoms with E-state index in [1.807, 2.05) is 73.9 Å². The topological polar surface area (TPSA) is 98.1 Å². The Hall–Kier alpha value is -3.33. The van der Waals surface area contributed by atoms with Gasteiger partial charge in [0.25, 0.3) is 5.91 Å². The van der Waals surface area contributed by atoms with Crippen molar-refractivity contribution in [2.45, 2.75) is 64.8 Å². The molecule has 3 rings (SSSR count). The van der Waals surface area contributed by atoms with E-state index in [0.717, 1.165) is 22.4 Å². The quantitative estimate of drug-likeness (QED) is 0.351. The fourth-order valence-electron chi connectivity index (χ4n) is 3.73. The average molecular weight is 510 g/mol. The van der Waals surface area contributed by atoms with Crippen LogP contribution in [0.2, 0.25) is 0 Å². The van der Waals surface area contributed by atoms with E-state index in [2.05, 4.69) is 34.7 Å². The van der Waals surface area contributed by atoms with Gasteiger partial charge in [-0.2, -0.15) is 0 Å². The Balaban J connectivity index is 1.50. The van der Waals surface area contributed by atoms with Crippen LogP contribution in [0.4, 0.5) is 0 Å². The van der Waals surface area contributed by atoms with Crippen LogP contribution in [0.3, 0.4) is 0 Å². The highest BCUT2D eigenvalue weighted by Gasteiger charge is 2.16. The number of benzene rings is 2. The van der Waals surface area contributed by atoms with Crippen LogP contribution in [0.25, 0.3) is 0 Å². The van der Waals surface area contributed by atoms with Crippen molar-refractivity contribution in [3.8, 4) is 5.75 Å². The summed E-state index contributed by atoms with van der Waals surface area (Å²) in [6.07, 6.45) is 0. The van der Waals surface area contributed by atoms with Crippen molar-refractivity contribution in [2.75, 3.05) is 12.4 Å². The SMILES string of the molecule is CCn1c(CNC(=O)COc2cc(C)ccc2C(C)C)nnc1SCC(=O)N[C@H](C)c1ccccc1. The molecule has 2 amide bonds. The first-order valence-electron chi connectivity index (χ1n) is 12.2. The first kappa shape index (κ1) is 27.3. The molecular formula is C27H35N5O3S. The molecule has 0 spiro atoms. The average Bonchev–Trinajstić information content (AvgIpc) is 3.27. The molecule has 0 fully saturated rings. The lowest BCUT2D eigenvalue weighted by atomic mass is 10.0. The second-order valence-corrected chi connectivity index (χ2v) is 9.84. The van der Waals surface area contributed by atoms with Crippen molar-refractivity contribution >= 4 is 23.6 Å². The van der Waals surface area contributed by atoms with Crippen LogP contribution in [0.5, 0.6) is 5.75 Å². The van der Waals surface area contributed by atoms with Gasteiger partial charge < -0.3 is 19.9 Å². The summed E-state index contributed by atoms with van der Waals surface area (Å²) in [5.41, 5.74) is 3.21. The smallest absolute Gasteiger partial charge is 0.258 e. The molecule has 0 bridgehead atoms. The third kappa shape index (κ3) is 7.58. The van der Waals surface area contributed by atoms with Crippen molar-refractivity contribution in [2.24, 2.45) is 0 Å². The number of ether oxygens (including phenoxy) is 1. The predicted octanol–water partition coefficient (Wildman–Crippen LogP) is 4.39. The van der Waals surface area contributed by atoms with Gasteiger partial charge in [-0.05, 0) is 49.4 Å². The number of hydrogen-bond donors (Lipinski definition) is 2. The van der Waals surface area contributed by atoms with Gasteiger partial charge in [0.1, 0.15) is 5.75 Å². The van der Waals surface area contributed by atoms with E-state index in [1.165, 1.54) is 11.8 Å². The van der Waals surface area contributed by atoms with Crippen molar-refractivity contribution in [1.82, 2.24) is 25.4 Å². The minimum absolute atomic E-state index is 0.0762. The van der Waals surface area contributed by atoms with E-state index >= 15 is 0 Å². The van der Waals surface area contributed by atoms with E-state index in [9.17, 15) is 9.59 Å². The zero-order valence-corrected chi connectivity index (χ0v) is 22.4. The van der Waals surface area contributed by atoms with Gasteiger partial charge in [-0.15, -0.1) is 10.2 Å². The standard InChI is InChI=1S/C27H35N5O3S/c1-6-32-24(15-28-25(33)16-35-23-14-19(4)12-13-22(23)18(2)3)30-31-27(32)36-17-26(34)29-20(5)21-10-8-7-9-11-21/h7-14,18,20H,6,15-17H2,1-5H3,(H,28,33)(H,29,34)/t20-/m1/s1. The van der Waals surface area contributed by atoms with E-state index in [-0.39, 0.29) is 36.8 Å². The molecular weight excluding hydrogens is 474 g/mol. The van der Waals surface area contributed by atoms with E-state index in [4.69, 9.17) is 4.74 Å². The van der Waals surface area contributed by atoms with Gasteiger partial charge in [-0.1, -0.05) is 68.1 Å². The number of hydrogen-bond acceptors (Lipinski definition) is 6. The van der Waals surface area contributed by atoms with Gasteiger partial charge in [0.05, 0.1) is 18.3 Å². The Kier molecular flexibility index (Phi) is 9.93. The number of nitrogens with zero attached hydrogens (tertiary/aromatic N) is 3. The lowest BCUT2D eigenvalue weighted by Gasteiger charge is -2.15. The van der Waals surface area contributed by atoms with Crippen LogP contribution in [-0.4, -0.2) is 38.9 Å². The first-order chi connectivity index (χ1) is 17.3. The van der Waals surface area contributed by atoms with Crippen LogP contribution in [0.1, 0.15) is 62.2 Å². The van der Waals surface area contributed by atoms with Crippen LogP contribution in [-0.2, 0) is 22.7 Å². The van der Waals surface area contributed by atoms with E-state index in [1.54, 1.807) is 0 Å². The fraction of sp³-hybridized carbons (Fsp3) is 0.407. The summed E-state index contributed by atoms with van der Waals surface area (Å²) < 4.78 is 7.72. The summed E-state index contributed by atoms with van der Waals surface area (Å²) in [4.78, 5) is 24.9. The zero-order chi connectivity index (χ0) is 26.1. The molecule has 0 aliphatic heterocycles. The number of aryl methyl sites for hydroxylation is 1. The molecule has 8 nitrogen and oxygen atoms in total. The summed E-state index contributed by atoms with van der Waals surface area (Å²) in [5.74, 6) is 1.57. The number of rotatable bonds is 12. The lowest BCUT2D eigenvalue weighted by Crippen LogP contribution is -2.30. The molecule has 0 radical (unpaired) electrons. The highest BCUT2D eigenvalue weighted by molar-refractivity contribution is 7.99. The molecule has 9 heteroatoms. The Morgan fingerprint density at radius 2 is 1.81 bits per heavy atom. The predicted molar refractivity (Wildman–Crippen MR) is 142 cm³/mol. The van der Waals surface area contributed by atoms with Crippen molar-refractivity contribution in [1.29, 1.82) is 0 Å². The molecule has 1 aromatic heterocycles. The number of carbonyl (C=O) groups is 2. The van der Waals surface area contributed by atoms with E-state index in [0.29, 0.717) is 23.4 Å². The molecule has 0 aliphatic carbocycles. The number of nitrogens with one attached hydrogen (secondary N) is 2. The highest BCUT2D eigenvalue weighted by atomic mass is 32.2. The molecule has 0 saturated carbocycles. The monoisotopic (exact) mass is 509 g/mol. The molecule has 3 aromatic rings. The van der Waals surface area contributed by atoms with E-state index < -0.39 is 0 Å². The maximum Gasteiger partial charge on any atom is 0.258 e. The third-order valence-electron chi connectivity index (χ3n) is 5.71. The Morgan fingerprint density at radius 1 is 1.06 bits per heavy atom. The van der Waals surface area contributed by atoms with Crippen molar-refractivity contribution in [3.05, 3.63) is 71.0 Å². The molecule has 192 valence electrons. The van der Waals surface area contributed by atoms with Crippen LogP contribution in [0.15, 0.2) is 53.7 Å². The van der Waals surface area contributed by atoms with Gasteiger partial charge in [-0.3, -0.25) is 9.59 Å². The number of aromatic nitrogens is 3. The van der Waals surface area contributed by atoms with Gasteiger partial charge in [0.15, 0.2) is 17.6 Å². The molecule has 0 unspecified atom stereocenters. The zero-order valence-electron chi connectivity index (χ0n) is 21.6. The Bertz CT molecular complexity index is 1160. The maximum atomic E-state index is 12.4. The summed E-state index contributed by atoms with van der Waals surface area (Å²) >= 11 is 1.33. The number of thioether (sulfide) groups is 1. The summed E-state index contributed by atoms with van der Waals surface area (Å²) in [6.45, 7) is 10.9. The molecule has 36 heavy (non-hydrogen) atoms. The molecule has 2 N–H and O–H groups in total. The van der Waals surface area contributed by atoms with Crippen molar-refractivity contribution < 1.29 is 14.3 Å². The molecule has 1 heterocycles. The van der Waals surface area contributed by atoms with Crippen molar-refractivity contribution in [3.63, 3.8) is 0 Å². The van der Waals surface area contributed by atoms with Gasteiger partial charge in [-0.25, -0.2) is 0 Å². The second kappa shape index (κ2) is 13.1. The summed E-state index contributed by atoms with van der Waals surface area (Å²) in [7, 11) is 0. The fourth-order valence-corrected chi connectivity index (χ4v) is 4.56. The first-order valence-corrected chi connectivity index (χ1v) is 13.2. The normalized spacial score (nSPS) is 11.8. The minimum Gasteiger partial charge on any atom is -0.483 e. The maximum absolute atomic E-state index is 12.4.